The van der Waals surface area contributed by atoms with Gasteiger partial charge in [0.05, 0.1) is 11.9 Å². The van der Waals surface area contributed by atoms with Gasteiger partial charge in [-0.05, 0) is 24.6 Å². The minimum absolute atomic E-state index is 0.0771. The van der Waals surface area contributed by atoms with E-state index in [2.05, 4.69) is 25.3 Å². The molecule has 1 unspecified atom stereocenters. The molecule has 21 heavy (non-hydrogen) atoms. The molecular formula is C13H15ClN6S. The molecule has 0 bridgehead atoms. The number of nitrogens with two attached hydrogens (primary N) is 1. The molecular weight excluding hydrogens is 308 g/mol. The van der Waals surface area contributed by atoms with Gasteiger partial charge in [0, 0.05) is 29.7 Å². The Morgan fingerprint density at radius 2 is 2.33 bits per heavy atom. The van der Waals surface area contributed by atoms with Gasteiger partial charge in [0.1, 0.15) is 16.5 Å². The van der Waals surface area contributed by atoms with Gasteiger partial charge in [0.2, 0.25) is 5.28 Å². The molecule has 3 rings (SSSR count). The third kappa shape index (κ3) is 3.31. The Labute approximate surface area is 130 Å². The Bertz CT molecular complexity index is 737. The van der Waals surface area contributed by atoms with Gasteiger partial charge < -0.3 is 16.0 Å². The van der Waals surface area contributed by atoms with Gasteiger partial charge in [-0.2, -0.15) is 4.98 Å². The molecule has 110 valence electrons. The van der Waals surface area contributed by atoms with Crippen molar-refractivity contribution in [2.24, 2.45) is 5.73 Å². The Hall–Kier alpha value is -1.70. The SMILES string of the molecule is CC(N)Cc1cc2c(NCc3nccs3)nc(Cl)nc2[nH]1. The van der Waals surface area contributed by atoms with Crippen molar-refractivity contribution in [3.63, 3.8) is 0 Å². The van der Waals surface area contributed by atoms with Crippen LogP contribution in [0.5, 0.6) is 0 Å². The number of H-pyrrole nitrogens is 1. The average Bonchev–Trinajstić information content (AvgIpc) is 3.03. The quantitative estimate of drug-likeness (QED) is 0.628. The van der Waals surface area contributed by atoms with Crippen molar-refractivity contribution in [3.8, 4) is 0 Å². The van der Waals surface area contributed by atoms with Crippen LogP contribution in [-0.4, -0.2) is 26.0 Å². The lowest BCUT2D eigenvalue weighted by atomic mass is 10.2. The predicted molar refractivity (Wildman–Crippen MR) is 85.7 cm³/mol. The molecule has 0 aliphatic carbocycles. The zero-order valence-corrected chi connectivity index (χ0v) is 13.0. The van der Waals surface area contributed by atoms with Crippen LogP contribution in [0.3, 0.4) is 0 Å². The number of halogens is 1. The molecule has 0 amide bonds. The summed E-state index contributed by atoms with van der Waals surface area (Å²) in [6, 6.07) is 2.09. The summed E-state index contributed by atoms with van der Waals surface area (Å²) in [5.74, 6) is 0.701. The van der Waals surface area contributed by atoms with Crippen LogP contribution >= 0.6 is 22.9 Å². The van der Waals surface area contributed by atoms with E-state index in [4.69, 9.17) is 17.3 Å². The zero-order valence-electron chi connectivity index (χ0n) is 11.4. The molecule has 8 heteroatoms. The fraction of sp³-hybridized carbons (Fsp3) is 0.308. The van der Waals surface area contributed by atoms with E-state index in [9.17, 15) is 0 Å². The number of hydrogen-bond donors (Lipinski definition) is 3. The van der Waals surface area contributed by atoms with Crippen LogP contribution in [0.4, 0.5) is 5.82 Å². The average molecular weight is 323 g/mol. The number of fused-ring (bicyclic) bond motifs is 1. The van der Waals surface area contributed by atoms with Crippen LogP contribution in [0.1, 0.15) is 17.6 Å². The molecule has 6 nitrogen and oxygen atoms in total. The summed E-state index contributed by atoms with van der Waals surface area (Å²) in [6.07, 6.45) is 2.53. The lowest BCUT2D eigenvalue weighted by Gasteiger charge is -2.04. The van der Waals surface area contributed by atoms with Crippen molar-refractivity contribution in [2.75, 3.05) is 5.32 Å². The Balaban J connectivity index is 1.90. The lowest BCUT2D eigenvalue weighted by Crippen LogP contribution is -2.17. The van der Waals surface area contributed by atoms with E-state index in [-0.39, 0.29) is 11.3 Å². The molecule has 4 N–H and O–H groups in total. The van der Waals surface area contributed by atoms with Crippen molar-refractivity contribution in [1.82, 2.24) is 19.9 Å². The highest BCUT2D eigenvalue weighted by atomic mass is 35.5. The summed E-state index contributed by atoms with van der Waals surface area (Å²) >= 11 is 7.57. The number of aromatic amines is 1. The highest BCUT2D eigenvalue weighted by Crippen LogP contribution is 2.24. The van der Waals surface area contributed by atoms with Crippen LogP contribution in [0.15, 0.2) is 17.6 Å². The maximum atomic E-state index is 5.98. The van der Waals surface area contributed by atoms with Crippen LogP contribution in [0.25, 0.3) is 11.0 Å². The second-order valence-corrected chi connectivity index (χ2v) is 6.18. The fourth-order valence-electron chi connectivity index (χ4n) is 2.13. The molecule has 0 aliphatic heterocycles. The summed E-state index contributed by atoms with van der Waals surface area (Å²) in [5.41, 5.74) is 7.57. The maximum absolute atomic E-state index is 5.98. The Morgan fingerprint density at radius 3 is 3.05 bits per heavy atom. The molecule has 0 saturated heterocycles. The first-order chi connectivity index (χ1) is 10.1. The first-order valence-corrected chi connectivity index (χ1v) is 7.80. The van der Waals surface area contributed by atoms with E-state index in [0.29, 0.717) is 18.0 Å². The summed E-state index contributed by atoms with van der Waals surface area (Å²) in [5, 5.41) is 7.31. The number of aromatic nitrogens is 4. The van der Waals surface area contributed by atoms with Crippen molar-refractivity contribution < 1.29 is 0 Å². The second-order valence-electron chi connectivity index (χ2n) is 4.86. The van der Waals surface area contributed by atoms with E-state index in [1.54, 1.807) is 17.5 Å². The monoisotopic (exact) mass is 322 g/mol. The van der Waals surface area contributed by atoms with Gasteiger partial charge in [0.25, 0.3) is 0 Å². The predicted octanol–water partition coefficient (Wildman–Crippen LogP) is 2.57. The number of anilines is 1. The van der Waals surface area contributed by atoms with Crippen molar-refractivity contribution >= 4 is 39.8 Å². The maximum Gasteiger partial charge on any atom is 0.226 e. The van der Waals surface area contributed by atoms with E-state index in [1.165, 1.54) is 0 Å². The van der Waals surface area contributed by atoms with Crippen LogP contribution < -0.4 is 11.1 Å². The molecule has 0 fully saturated rings. The lowest BCUT2D eigenvalue weighted by molar-refractivity contribution is 0.726. The van der Waals surface area contributed by atoms with Crippen molar-refractivity contribution in [3.05, 3.63) is 33.6 Å². The topological polar surface area (TPSA) is 92.5 Å². The number of rotatable bonds is 5. The van der Waals surface area contributed by atoms with E-state index in [1.807, 2.05) is 18.4 Å². The van der Waals surface area contributed by atoms with Gasteiger partial charge in [-0.1, -0.05) is 0 Å². The second kappa shape index (κ2) is 5.97. The van der Waals surface area contributed by atoms with Crippen molar-refractivity contribution in [1.29, 1.82) is 0 Å². The normalized spacial score (nSPS) is 12.7. The molecule has 0 radical (unpaired) electrons. The largest absolute Gasteiger partial charge is 0.363 e. The van der Waals surface area contributed by atoms with Crippen LogP contribution in [0, 0.1) is 0 Å². The van der Waals surface area contributed by atoms with Crippen molar-refractivity contribution in [2.45, 2.75) is 25.9 Å². The number of nitrogens with one attached hydrogen (secondary N) is 2. The van der Waals surface area contributed by atoms with Gasteiger partial charge in [-0.25, -0.2) is 9.97 Å². The summed E-state index contributed by atoms with van der Waals surface area (Å²) in [7, 11) is 0. The van der Waals surface area contributed by atoms with Gasteiger partial charge in [-0.3, -0.25) is 0 Å². The molecule has 0 aliphatic rings. The van der Waals surface area contributed by atoms with E-state index < -0.39 is 0 Å². The summed E-state index contributed by atoms with van der Waals surface area (Å²) in [6.45, 7) is 2.57. The van der Waals surface area contributed by atoms with Gasteiger partial charge in [-0.15, -0.1) is 11.3 Å². The number of hydrogen-bond acceptors (Lipinski definition) is 6. The van der Waals surface area contributed by atoms with Crippen LogP contribution in [0.2, 0.25) is 5.28 Å². The molecule has 0 saturated carbocycles. The third-order valence-electron chi connectivity index (χ3n) is 2.95. The van der Waals surface area contributed by atoms with Gasteiger partial charge >= 0.3 is 0 Å². The number of nitrogens with zero attached hydrogens (tertiary/aromatic N) is 3. The highest BCUT2D eigenvalue weighted by Gasteiger charge is 2.11. The zero-order chi connectivity index (χ0) is 14.8. The van der Waals surface area contributed by atoms with Gasteiger partial charge in [0.15, 0.2) is 0 Å². The summed E-state index contributed by atoms with van der Waals surface area (Å²) in [4.78, 5) is 15.9. The molecule has 0 spiro atoms. The number of thiazole rings is 1. The van der Waals surface area contributed by atoms with E-state index >= 15 is 0 Å². The third-order valence-corrected chi connectivity index (χ3v) is 3.90. The Kier molecular flexibility index (Phi) is 4.05. The Morgan fingerprint density at radius 1 is 1.48 bits per heavy atom. The molecule has 3 aromatic rings. The minimum atomic E-state index is 0.0771. The van der Waals surface area contributed by atoms with Crippen LogP contribution in [-0.2, 0) is 13.0 Å². The standard InChI is InChI=1S/C13H15ClN6S/c1-7(15)4-8-5-9-11(17-6-10-16-2-3-21-10)19-13(14)20-12(9)18-8/h2-3,5,7H,4,6,15H2,1H3,(H2,17,18,19,20). The minimum Gasteiger partial charge on any atom is -0.363 e. The highest BCUT2D eigenvalue weighted by molar-refractivity contribution is 7.09. The summed E-state index contributed by atoms with van der Waals surface area (Å²) < 4.78 is 0. The van der Waals surface area contributed by atoms with E-state index in [0.717, 1.165) is 22.5 Å². The molecule has 3 aromatic heterocycles. The smallest absolute Gasteiger partial charge is 0.226 e. The molecule has 1 atom stereocenters. The molecule has 0 aromatic carbocycles. The first kappa shape index (κ1) is 14.2. The first-order valence-electron chi connectivity index (χ1n) is 6.55. The fourth-order valence-corrected chi connectivity index (χ4v) is 2.85. The molecule has 3 heterocycles.